The first kappa shape index (κ1) is 20.7. The molecule has 0 bridgehead atoms. The first-order valence-corrected chi connectivity index (χ1v) is 12.6. The number of carbonyl (C=O) groups excluding carboxylic acids is 1. The number of ether oxygens (including phenoxy) is 1. The molecule has 3 fully saturated rings. The Bertz CT molecular complexity index is 1020. The van der Waals surface area contributed by atoms with E-state index in [1.165, 1.54) is 5.56 Å². The van der Waals surface area contributed by atoms with Gasteiger partial charge in [-0.3, -0.25) is 9.69 Å². The number of amides is 1. The van der Waals surface area contributed by atoms with Gasteiger partial charge in [-0.05, 0) is 30.5 Å². The number of nitrogens with one attached hydrogen (secondary N) is 1. The number of hydrogen-bond acceptors (Lipinski definition) is 6. The first-order valence-electron chi connectivity index (χ1n) is 10.8. The molecule has 1 spiro atoms. The van der Waals surface area contributed by atoms with Gasteiger partial charge in [0.1, 0.15) is 0 Å². The molecule has 1 N–H and O–H groups in total. The summed E-state index contributed by atoms with van der Waals surface area (Å²) in [6.45, 7) is 3.69. The Morgan fingerprint density at radius 2 is 1.94 bits per heavy atom. The summed E-state index contributed by atoms with van der Waals surface area (Å²) in [5.74, 6) is -0.00648. The highest BCUT2D eigenvalue weighted by atomic mass is 32.2. The molecule has 1 aromatic carbocycles. The fourth-order valence-electron chi connectivity index (χ4n) is 5.23. The van der Waals surface area contributed by atoms with Crippen LogP contribution in [-0.4, -0.2) is 72.6 Å². The van der Waals surface area contributed by atoms with Crippen LogP contribution in [0.2, 0.25) is 0 Å². The Morgan fingerprint density at radius 3 is 2.58 bits per heavy atom. The summed E-state index contributed by atoms with van der Waals surface area (Å²) in [4.78, 5) is 19.6. The lowest BCUT2D eigenvalue weighted by molar-refractivity contribution is -0.130. The lowest BCUT2D eigenvalue weighted by Gasteiger charge is -2.38. The van der Waals surface area contributed by atoms with E-state index in [9.17, 15) is 13.2 Å². The van der Waals surface area contributed by atoms with Gasteiger partial charge in [-0.15, -0.1) is 0 Å². The van der Waals surface area contributed by atoms with Crippen LogP contribution in [0.25, 0.3) is 5.69 Å². The van der Waals surface area contributed by atoms with Crippen LogP contribution in [0, 0.1) is 11.3 Å². The number of likely N-dealkylation sites (tertiary alicyclic amines) is 1. The molecule has 3 aliphatic rings. The van der Waals surface area contributed by atoms with Crippen molar-refractivity contribution < 1.29 is 17.9 Å². The second-order valence-corrected chi connectivity index (χ2v) is 11.3. The van der Waals surface area contributed by atoms with Gasteiger partial charge in [-0.1, -0.05) is 12.1 Å². The summed E-state index contributed by atoms with van der Waals surface area (Å²) < 4.78 is 30.5. The van der Waals surface area contributed by atoms with Crippen LogP contribution in [0.15, 0.2) is 43.0 Å². The van der Waals surface area contributed by atoms with Crippen molar-refractivity contribution in [2.75, 3.05) is 37.8 Å². The molecule has 0 saturated carbocycles. The van der Waals surface area contributed by atoms with Crippen LogP contribution in [0.3, 0.4) is 0 Å². The average Bonchev–Trinajstić information content (AvgIpc) is 3.37. The highest BCUT2D eigenvalue weighted by Gasteiger charge is 2.51. The zero-order valence-corrected chi connectivity index (χ0v) is 18.3. The molecule has 1 amide bonds. The maximum absolute atomic E-state index is 13.1. The molecule has 2 aromatic rings. The Labute approximate surface area is 182 Å². The van der Waals surface area contributed by atoms with Crippen LogP contribution in [0.1, 0.15) is 18.4 Å². The third-order valence-electron chi connectivity index (χ3n) is 6.93. The van der Waals surface area contributed by atoms with Crippen molar-refractivity contribution in [2.24, 2.45) is 11.3 Å². The van der Waals surface area contributed by atoms with Crippen molar-refractivity contribution in [3.8, 4) is 5.69 Å². The zero-order valence-electron chi connectivity index (χ0n) is 17.4. The van der Waals surface area contributed by atoms with Crippen molar-refractivity contribution in [3.63, 3.8) is 0 Å². The molecule has 1 aromatic heterocycles. The number of hydrogen-bond donors (Lipinski definition) is 1. The van der Waals surface area contributed by atoms with E-state index in [4.69, 9.17) is 4.74 Å². The van der Waals surface area contributed by atoms with Gasteiger partial charge < -0.3 is 14.6 Å². The minimum atomic E-state index is -2.96. The fourth-order valence-corrected chi connectivity index (χ4v) is 6.53. The van der Waals surface area contributed by atoms with Crippen molar-refractivity contribution >= 4 is 15.7 Å². The molecule has 0 radical (unpaired) electrons. The van der Waals surface area contributed by atoms with Crippen LogP contribution in [-0.2, 0) is 25.9 Å². The van der Waals surface area contributed by atoms with Crippen molar-refractivity contribution in [1.82, 2.24) is 19.8 Å². The first-order chi connectivity index (χ1) is 14.9. The summed E-state index contributed by atoms with van der Waals surface area (Å²) in [5, 5.41) is 3.00. The largest absolute Gasteiger partial charge is 0.381 e. The third kappa shape index (κ3) is 4.26. The summed E-state index contributed by atoms with van der Waals surface area (Å²) in [6.07, 6.45) is 7.19. The van der Waals surface area contributed by atoms with Crippen LogP contribution >= 0.6 is 0 Å². The second kappa shape index (κ2) is 8.03. The Balaban J connectivity index is 1.27. The highest BCUT2D eigenvalue weighted by molar-refractivity contribution is 7.92. The lowest BCUT2D eigenvalue weighted by Crippen LogP contribution is -2.56. The number of imidazole rings is 1. The van der Waals surface area contributed by atoms with Gasteiger partial charge in [0, 0.05) is 56.3 Å². The Hall–Kier alpha value is -2.23. The van der Waals surface area contributed by atoms with Crippen LogP contribution in [0.5, 0.6) is 0 Å². The van der Waals surface area contributed by atoms with E-state index in [1.807, 2.05) is 10.8 Å². The van der Waals surface area contributed by atoms with Gasteiger partial charge in [0.15, 0.2) is 9.84 Å². The maximum Gasteiger partial charge on any atom is 0.225 e. The van der Waals surface area contributed by atoms with Gasteiger partial charge in [-0.2, -0.15) is 0 Å². The number of rotatable bonds is 5. The number of nitrogens with zero attached hydrogens (tertiary/aromatic N) is 3. The van der Waals surface area contributed by atoms with E-state index < -0.39 is 9.84 Å². The quantitative estimate of drug-likeness (QED) is 0.740. The molecule has 3 saturated heterocycles. The van der Waals surface area contributed by atoms with E-state index in [0.29, 0.717) is 19.8 Å². The normalized spacial score (nSPS) is 25.4. The smallest absolute Gasteiger partial charge is 0.225 e. The molecule has 0 aliphatic carbocycles. The molecule has 4 heterocycles. The van der Waals surface area contributed by atoms with Gasteiger partial charge in [-0.25, -0.2) is 13.4 Å². The molecule has 9 heteroatoms. The molecule has 166 valence electrons. The number of aromatic nitrogens is 2. The molecule has 0 unspecified atom stereocenters. The Morgan fingerprint density at radius 1 is 1.19 bits per heavy atom. The molecular weight excluding hydrogens is 416 g/mol. The molecule has 8 nitrogen and oxygen atoms in total. The van der Waals surface area contributed by atoms with Gasteiger partial charge in [0.2, 0.25) is 5.91 Å². The third-order valence-corrected chi connectivity index (χ3v) is 8.75. The predicted molar refractivity (Wildman–Crippen MR) is 115 cm³/mol. The molecule has 5 rings (SSSR count). The van der Waals surface area contributed by atoms with Crippen LogP contribution in [0.4, 0.5) is 0 Å². The molecule has 1 atom stereocenters. The fraction of sp³-hybridized carbons (Fsp3) is 0.545. The SMILES string of the molecule is O=C(NC1CS(=O)(=O)C1)[C@@H]1CN(Cc2ccc(-n3ccnc3)cc2)CC12CCOCC2. The minimum Gasteiger partial charge on any atom is -0.381 e. The van der Waals surface area contributed by atoms with Gasteiger partial charge >= 0.3 is 0 Å². The molecular formula is C22H28N4O4S. The average molecular weight is 445 g/mol. The highest BCUT2D eigenvalue weighted by Crippen LogP contribution is 2.45. The summed E-state index contributed by atoms with van der Waals surface area (Å²) in [6, 6.07) is 8.17. The predicted octanol–water partition coefficient (Wildman–Crippen LogP) is 1.01. The monoisotopic (exact) mass is 444 g/mol. The maximum atomic E-state index is 13.1. The van der Waals surface area contributed by atoms with E-state index >= 15 is 0 Å². The Kier molecular flexibility index (Phi) is 5.35. The topological polar surface area (TPSA) is 93.5 Å². The number of carbonyl (C=O) groups is 1. The van der Waals surface area contributed by atoms with Crippen molar-refractivity contribution in [3.05, 3.63) is 48.5 Å². The van der Waals surface area contributed by atoms with Gasteiger partial charge in [0.25, 0.3) is 0 Å². The molecule has 3 aliphatic heterocycles. The van der Waals surface area contributed by atoms with E-state index in [1.54, 1.807) is 12.5 Å². The van der Waals surface area contributed by atoms with E-state index in [0.717, 1.165) is 31.6 Å². The zero-order chi connectivity index (χ0) is 21.5. The van der Waals surface area contributed by atoms with Crippen molar-refractivity contribution in [2.45, 2.75) is 25.4 Å². The van der Waals surface area contributed by atoms with Crippen LogP contribution < -0.4 is 5.32 Å². The summed E-state index contributed by atoms with van der Waals surface area (Å²) >= 11 is 0. The summed E-state index contributed by atoms with van der Waals surface area (Å²) in [5.41, 5.74) is 2.18. The van der Waals surface area contributed by atoms with Gasteiger partial charge in [0.05, 0.1) is 29.8 Å². The van der Waals surface area contributed by atoms with Crippen molar-refractivity contribution in [1.29, 1.82) is 0 Å². The second-order valence-electron chi connectivity index (χ2n) is 9.12. The van der Waals surface area contributed by atoms with E-state index in [-0.39, 0.29) is 34.8 Å². The molecule has 31 heavy (non-hydrogen) atoms. The summed E-state index contributed by atoms with van der Waals surface area (Å²) in [7, 11) is -2.96. The number of sulfone groups is 1. The standard InChI is InChI=1S/C22H28N4O4S/c27-21(24-18-13-31(28,29)14-18)20-12-25(15-22(20)5-9-30-10-6-22)11-17-1-3-19(4-2-17)26-8-7-23-16-26/h1-4,7-8,16,18,20H,5-6,9-15H2,(H,24,27)/t20-/m0/s1. The van der Waals surface area contributed by atoms with E-state index in [2.05, 4.69) is 39.5 Å². The number of benzene rings is 1. The lowest BCUT2D eigenvalue weighted by atomic mass is 9.71. The minimum absolute atomic E-state index is 0.000226.